The van der Waals surface area contributed by atoms with Crippen LogP contribution in [0.3, 0.4) is 0 Å². The van der Waals surface area contributed by atoms with Crippen molar-refractivity contribution < 1.29 is 0 Å². The van der Waals surface area contributed by atoms with E-state index >= 15 is 0 Å². The Balaban J connectivity index is 2.74. The average Bonchev–Trinajstić information content (AvgIpc) is 2.29. The third-order valence-electron chi connectivity index (χ3n) is 2.13. The van der Waals surface area contributed by atoms with Gasteiger partial charge in [0.15, 0.2) is 0 Å². The van der Waals surface area contributed by atoms with Crippen molar-refractivity contribution in [1.82, 2.24) is 0 Å². The maximum absolute atomic E-state index is 5.87. The summed E-state index contributed by atoms with van der Waals surface area (Å²) in [5.41, 5.74) is 8.59. The minimum absolute atomic E-state index is 0.256. The standard InChI is InChI=1S/C10H15N/c1-3-4-5-9-8(2)6-7-10(9)11/h3-5,10H,1,6-7,11H2,2H3/b5-4-. The molecule has 0 aromatic heterocycles. The number of allylic oxidation sites excluding steroid dienone is 3. The SMILES string of the molecule is C=C/C=C\C1=C(C)CCC1N. The highest BCUT2D eigenvalue weighted by atomic mass is 14.6. The van der Waals surface area contributed by atoms with E-state index in [1.807, 2.05) is 6.08 Å². The fourth-order valence-corrected chi connectivity index (χ4v) is 1.43. The zero-order chi connectivity index (χ0) is 8.27. The summed E-state index contributed by atoms with van der Waals surface area (Å²) in [5, 5.41) is 0. The fraction of sp³-hybridized carbons (Fsp3) is 0.400. The Morgan fingerprint density at radius 3 is 2.82 bits per heavy atom. The van der Waals surface area contributed by atoms with Crippen molar-refractivity contribution in [3.8, 4) is 0 Å². The molecule has 1 rings (SSSR count). The van der Waals surface area contributed by atoms with E-state index in [2.05, 4.69) is 19.6 Å². The van der Waals surface area contributed by atoms with Crippen LogP contribution in [-0.4, -0.2) is 6.04 Å². The molecule has 0 spiro atoms. The molecular formula is C10H15N. The van der Waals surface area contributed by atoms with Crippen LogP contribution in [0, 0.1) is 0 Å². The van der Waals surface area contributed by atoms with Crippen LogP contribution in [0.5, 0.6) is 0 Å². The van der Waals surface area contributed by atoms with Gasteiger partial charge in [0.05, 0.1) is 0 Å². The van der Waals surface area contributed by atoms with Crippen LogP contribution >= 0.6 is 0 Å². The third kappa shape index (κ3) is 1.81. The van der Waals surface area contributed by atoms with Crippen LogP contribution in [0.1, 0.15) is 19.8 Å². The molecule has 0 radical (unpaired) electrons. The van der Waals surface area contributed by atoms with Gasteiger partial charge in [-0.2, -0.15) is 0 Å². The monoisotopic (exact) mass is 149 g/mol. The van der Waals surface area contributed by atoms with E-state index in [1.54, 1.807) is 6.08 Å². The molecule has 0 saturated heterocycles. The van der Waals surface area contributed by atoms with E-state index in [-0.39, 0.29) is 6.04 Å². The van der Waals surface area contributed by atoms with E-state index in [9.17, 15) is 0 Å². The van der Waals surface area contributed by atoms with Crippen LogP contribution in [0.15, 0.2) is 36.0 Å². The van der Waals surface area contributed by atoms with Gasteiger partial charge in [-0.15, -0.1) is 0 Å². The minimum Gasteiger partial charge on any atom is -0.324 e. The van der Waals surface area contributed by atoms with Gasteiger partial charge >= 0.3 is 0 Å². The smallest absolute Gasteiger partial charge is 0.0297 e. The first kappa shape index (κ1) is 8.28. The van der Waals surface area contributed by atoms with Gasteiger partial charge in [0, 0.05) is 6.04 Å². The summed E-state index contributed by atoms with van der Waals surface area (Å²) >= 11 is 0. The second-order valence-corrected chi connectivity index (χ2v) is 2.98. The number of nitrogens with two attached hydrogens (primary N) is 1. The summed E-state index contributed by atoms with van der Waals surface area (Å²) in [7, 11) is 0. The normalized spacial score (nSPS) is 25.1. The Morgan fingerprint density at radius 2 is 2.36 bits per heavy atom. The Kier molecular flexibility index (Phi) is 2.66. The summed E-state index contributed by atoms with van der Waals surface area (Å²) < 4.78 is 0. The van der Waals surface area contributed by atoms with Gasteiger partial charge in [-0.25, -0.2) is 0 Å². The molecule has 0 aromatic rings. The van der Waals surface area contributed by atoms with Crippen molar-refractivity contribution in [1.29, 1.82) is 0 Å². The first-order valence-electron chi connectivity index (χ1n) is 4.00. The average molecular weight is 149 g/mol. The van der Waals surface area contributed by atoms with Crippen LogP contribution in [0.25, 0.3) is 0 Å². The molecule has 1 aliphatic rings. The lowest BCUT2D eigenvalue weighted by atomic mass is 10.1. The number of hydrogen-bond acceptors (Lipinski definition) is 1. The highest BCUT2D eigenvalue weighted by molar-refractivity contribution is 5.34. The van der Waals surface area contributed by atoms with Crippen molar-refractivity contribution in [2.24, 2.45) is 5.73 Å². The molecule has 0 aromatic carbocycles. The fourth-order valence-electron chi connectivity index (χ4n) is 1.43. The quantitative estimate of drug-likeness (QED) is 0.598. The van der Waals surface area contributed by atoms with Gasteiger partial charge in [-0.1, -0.05) is 30.4 Å². The third-order valence-corrected chi connectivity index (χ3v) is 2.13. The highest BCUT2D eigenvalue weighted by Gasteiger charge is 2.16. The van der Waals surface area contributed by atoms with Gasteiger partial charge in [0.25, 0.3) is 0 Å². The zero-order valence-corrected chi connectivity index (χ0v) is 7.01. The van der Waals surface area contributed by atoms with Crippen molar-refractivity contribution in [2.45, 2.75) is 25.8 Å². The molecule has 1 heteroatoms. The van der Waals surface area contributed by atoms with Crippen LogP contribution in [-0.2, 0) is 0 Å². The first-order chi connectivity index (χ1) is 5.25. The second-order valence-electron chi connectivity index (χ2n) is 2.98. The second kappa shape index (κ2) is 3.54. The maximum Gasteiger partial charge on any atom is 0.0297 e. The molecule has 1 aliphatic carbocycles. The summed E-state index contributed by atoms with van der Waals surface area (Å²) in [4.78, 5) is 0. The summed E-state index contributed by atoms with van der Waals surface area (Å²) in [5.74, 6) is 0. The Labute approximate surface area is 68.3 Å². The Hall–Kier alpha value is -0.820. The van der Waals surface area contributed by atoms with Crippen LogP contribution < -0.4 is 5.73 Å². The van der Waals surface area contributed by atoms with Crippen molar-refractivity contribution >= 4 is 0 Å². The minimum atomic E-state index is 0.256. The van der Waals surface area contributed by atoms with Gasteiger partial charge in [-0.3, -0.25) is 0 Å². The molecule has 1 unspecified atom stereocenters. The lowest BCUT2D eigenvalue weighted by Gasteiger charge is -2.03. The molecule has 1 atom stereocenters. The Morgan fingerprint density at radius 1 is 1.64 bits per heavy atom. The molecule has 2 N–H and O–H groups in total. The van der Waals surface area contributed by atoms with Crippen molar-refractivity contribution in [2.75, 3.05) is 0 Å². The Bertz CT molecular complexity index is 211. The maximum atomic E-state index is 5.87. The molecule has 11 heavy (non-hydrogen) atoms. The van der Waals surface area contributed by atoms with Crippen molar-refractivity contribution in [3.63, 3.8) is 0 Å². The van der Waals surface area contributed by atoms with Gasteiger partial charge < -0.3 is 5.73 Å². The molecule has 1 nitrogen and oxygen atoms in total. The van der Waals surface area contributed by atoms with Crippen molar-refractivity contribution in [3.05, 3.63) is 36.0 Å². The number of rotatable bonds is 2. The lowest BCUT2D eigenvalue weighted by Crippen LogP contribution is -2.17. The topological polar surface area (TPSA) is 26.0 Å². The molecule has 0 saturated carbocycles. The first-order valence-corrected chi connectivity index (χ1v) is 4.00. The predicted octanol–water partition coefficient (Wildman–Crippen LogP) is 2.17. The largest absolute Gasteiger partial charge is 0.324 e. The zero-order valence-electron chi connectivity index (χ0n) is 7.01. The van der Waals surface area contributed by atoms with E-state index in [0.717, 1.165) is 12.8 Å². The lowest BCUT2D eigenvalue weighted by molar-refractivity contribution is 0.759. The van der Waals surface area contributed by atoms with E-state index in [4.69, 9.17) is 5.73 Å². The van der Waals surface area contributed by atoms with E-state index in [1.165, 1.54) is 11.1 Å². The van der Waals surface area contributed by atoms with Crippen LogP contribution in [0.2, 0.25) is 0 Å². The molecule has 0 amide bonds. The molecule has 0 fully saturated rings. The summed E-state index contributed by atoms with van der Waals surface area (Å²) in [6.07, 6.45) is 8.05. The van der Waals surface area contributed by atoms with E-state index < -0.39 is 0 Å². The van der Waals surface area contributed by atoms with E-state index in [0.29, 0.717) is 0 Å². The number of hydrogen-bond donors (Lipinski definition) is 1. The molecule has 0 heterocycles. The van der Waals surface area contributed by atoms with Crippen LogP contribution in [0.4, 0.5) is 0 Å². The summed E-state index contributed by atoms with van der Waals surface area (Å²) in [6, 6.07) is 0.256. The molecule has 60 valence electrons. The van der Waals surface area contributed by atoms with Gasteiger partial charge in [0.1, 0.15) is 0 Å². The molecule has 0 aliphatic heterocycles. The molecular weight excluding hydrogens is 134 g/mol. The molecule has 0 bridgehead atoms. The highest BCUT2D eigenvalue weighted by Crippen LogP contribution is 2.25. The van der Waals surface area contributed by atoms with Gasteiger partial charge in [0.2, 0.25) is 0 Å². The van der Waals surface area contributed by atoms with Gasteiger partial charge in [-0.05, 0) is 25.3 Å². The summed E-state index contributed by atoms with van der Waals surface area (Å²) in [6.45, 7) is 5.77. The predicted molar refractivity (Wildman–Crippen MR) is 49.2 cm³/mol.